The van der Waals surface area contributed by atoms with Crippen molar-refractivity contribution in [1.29, 1.82) is 0 Å². The van der Waals surface area contributed by atoms with E-state index in [0.29, 0.717) is 24.2 Å². The minimum absolute atomic E-state index is 0.293. The van der Waals surface area contributed by atoms with Crippen molar-refractivity contribution < 1.29 is 0 Å². The van der Waals surface area contributed by atoms with E-state index in [4.69, 9.17) is 0 Å². The molecule has 2 rings (SSSR count). The molecule has 0 bridgehead atoms. The van der Waals surface area contributed by atoms with Crippen molar-refractivity contribution in [3.05, 3.63) is 38.3 Å². The van der Waals surface area contributed by atoms with Crippen LogP contribution in [0.5, 0.6) is 0 Å². The molecule has 0 saturated heterocycles. The maximum absolute atomic E-state index is 11.7. The monoisotopic (exact) mass is 281 g/mol. The fraction of sp³-hybridized carbons (Fsp3) is 0.455. The number of hydrogen-bond acceptors (Lipinski definition) is 6. The zero-order chi connectivity index (χ0) is 13.8. The first-order valence-corrected chi connectivity index (χ1v) is 6.80. The van der Waals surface area contributed by atoms with Crippen molar-refractivity contribution >= 4 is 16.5 Å². The predicted octanol–water partition coefficient (Wildman–Crippen LogP) is 0.431. The number of nitrogens with zero attached hydrogens (tertiary/aromatic N) is 3. The first-order valence-electron chi connectivity index (χ1n) is 6.03. The Kier molecular flexibility index (Phi) is 4.10. The zero-order valence-electron chi connectivity index (χ0n) is 10.8. The average molecular weight is 281 g/mol. The van der Waals surface area contributed by atoms with Crippen LogP contribution in [0.2, 0.25) is 0 Å². The van der Waals surface area contributed by atoms with E-state index in [1.165, 1.54) is 16.1 Å². The SMILES string of the molecule is CCNc1snnc1Cn1cc(CC)c(=O)[nH]c1=O. The van der Waals surface area contributed by atoms with Gasteiger partial charge in [-0.3, -0.25) is 14.3 Å². The van der Waals surface area contributed by atoms with E-state index in [1.807, 2.05) is 13.8 Å². The molecule has 0 amide bonds. The molecule has 0 aliphatic carbocycles. The van der Waals surface area contributed by atoms with Gasteiger partial charge in [0.2, 0.25) is 0 Å². The second-order valence-corrected chi connectivity index (χ2v) is 4.73. The number of nitrogens with one attached hydrogen (secondary N) is 2. The number of H-pyrrole nitrogens is 1. The van der Waals surface area contributed by atoms with Crippen LogP contribution in [-0.4, -0.2) is 25.7 Å². The third-order valence-electron chi connectivity index (χ3n) is 2.68. The summed E-state index contributed by atoms with van der Waals surface area (Å²) in [5.74, 6) is 0. The molecule has 0 aromatic carbocycles. The molecule has 0 spiro atoms. The normalized spacial score (nSPS) is 10.6. The number of aromatic nitrogens is 4. The van der Waals surface area contributed by atoms with Crippen LogP contribution in [-0.2, 0) is 13.0 Å². The van der Waals surface area contributed by atoms with Crippen LogP contribution in [0.3, 0.4) is 0 Å². The topological polar surface area (TPSA) is 92.7 Å². The lowest BCUT2D eigenvalue weighted by Gasteiger charge is -2.06. The van der Waals surface area contributed by atoms with Gasteiger partial charge in [-0.05, 0) is 13.3 Å². The molecule has 19 heavy (non-hydrogen) atoms. The highest BCUT2D eigenvalue weighted by Crippen LogP contribution is 2.17. The van der Waals surface area contributed by atoms with Crippen LogP contribution < -0.4 is 16.6 Å². The highest BCUT2D eigenvalue weighted by atomic mass is 32.1. The molecule has 8 heteroatoms. The zero-order valence-corrected chi connectivity index (χ0v) is 11.6. The summed E-state index contributed by atoms with van der Waals surface area (Å²) in [6.45, 7) is 4.90. The smallest absolute Gasteiger partial charge is 0.328 e. The molecule has 2 aromatic heterocycles. The number of hydrogen-bond donors (Lipinski definition) is 2. The van der Waals surface area contributed by atoms with Gasteiger partial charge in [0.25, 0.3) is 5.56 Å². The molecule has 2 heterocycles. The molecule has 102 valence electrons. The molecule has 0 saturated carbocycles. The molecular weight excluding hydrogens is 266 g/mol. The Bertz CT molecular complexity index is 672. The van der Waals surface area contributed by atoms with Crippen LogP contribution >= 0.6 is 11.5 Å². The highest BCUT2D eigenvalue weighted by Gasteiger charge is 2.10. The quantitative estimate of drug-likeness (QED) is 0.829. The Balaban J connectivity index is 2.35. The van der Waals surface area contributed by atoms with E-state index in [2.05, 4.69) is 19.9 Å². The lowest BCUT2D eigenvalue weighted by atomic mass is 10.2. The summed E-state index contributed by atoms with van der Waals surface area (Å²) in [4.78, 5) is 25.5. The Morgan fingerprint density at radius 2 is 2.21 bits per heavy atom. The highest BCUT2D eigenvalue weighted by molar-refractivity contribution is 7.10. The van der Waals surface area contributed by atoms with Gasteiger partial charge in [0, 0.05) is 29.8 Å². The Hall–Kier alpha value is -1.96. The summed E-state index contributed by atoms with van der Waals surface area (Å²) in [7, 11) is 0. The summed E-state index contributed by atoms with van der Waals surface area (Å²) in [5.41, 5.74) is 0.514. The van der Waals surface area contributed by atoms with Gasteiger partial charge in [-0.15, -0.1) is 5.10 Å². The standard InChI is InChI=1S/C11H15N5O2S/c1-3-7-5-16(11(18)13-9(7)17)6-8-10(12-4-2)19-15-14-8/h5,12H,3-4,6H2,1-2H3,(H,13,17,18). The summed E-state index contributed by atoms with van der Waals surface area (Å²) in [5, 5.41) is 7.99. The van der Waals surface area contributed by atoms with Crippen LogP contribution in [0.25, 0.3) is 0 Å². The Morgan fingerprint density at radius 1 is 1.42 bits per heavy atom. The van der Waals surface area contributed by atoms with Gasteiger partial charge in [0.05, 0.1) is 6.54 Å². The fourth-order valence-corrected chi connectivity index (χ4v) is 2.33. The van der Waals surface area contributed by atoms with E-state index in [-0.39, 0.29) is 5.56 Å². The van der Waals surface area contributed by atoms with Crippen molar-refractivity contribution in [2.24, 2.45) is 0 Å². The molecule has 0 unspecified atom stereocenters. The summed E-state index contributed by atoms with van der Waals surface area (Å²) in [6.07, 6.45) is 2.15. The second kappa shape index (κ2) is 5.79. The number of aromatic amines is 1. The summed E-state index contributed by atoms with van der Waals surface area (Å²) in [6, 6.07) is 0. The van der Waals surface area contributed by atoms with E-state index >= 15 is 0 Å². The van der Waals surface area contributed by atoms with Gasteiger partial charge >= 0.3 is 5.69 Å². The fourth-order valence-electron chi connectivity index (χ4n) is 1.69. The average Bonchev–Trinajstić information content (AvgIpc) is 2.80. The third kappa shape index (κ3) is 2.90. The van der Waals surface area contributed by atoms with E-state index < -0.39 is 5.69 Å². The molecule has 0 fully saturated rings. The third-order valence-corrected chi connectivity index (χ3v) is 3.40. The first-order chi connectivity index (χ1) is 9.15. The van der Waals surface area contributed by atoms with Crippen molar-refractivity contribution in [3.63, 3.8) is 0 Å². The summed E-state index contributed by atoms with van der Waals surface area (Å²) >= 11 is 1.25. The molecule has 2 aromatic rings. The maximum atomic E-state index is 11.7. The minimum atomic E-state index is -0.433. The predicted molar refractivity (Wildman–Crippen MR) is 73.9 cm³/mol. The van der Waals surface area contributed by atoms with Crippen LogP contribution in [0.4, 0.5) is 5.00 Å². The lowest BCUT2D eigenvalue weighted by molar-refractivity contribution is 0.692. The van der Waals surface area contributed by atoms with Crippen molar-refractivity contribution in [2.45, 2.75) is 26.8 Å². The molecule has 7 nitrogen and oxygen atoms in total. The van der Waals surface area contributed by atoms with Crippen molar-refractivity contribution in [1.82, 2.24) is 19.1 Å². The van der Waals surface area contributed by atoms with E-state index in [0.717, 1.165) is 11.5 Å². The Labute approximate surface area is 113 Å². The van der Waals surface area contributed by atoms with Crippen molar-refractivity contribution in [3.8, 4) is 0 Å². The van der Waals surface area contributed by atoms with E-state index in [9.17, 15) is 9.59 Å². The van der Waals surface area contributed by atoms with Crippen molar-refractivity contribution in [2.75, 3.05) is 11.9 Å². The molecule has 0 aliphatic rings. The molecule has 0 aliphatic heterocycles. The number of rotatable bonds is 5. The molecule has 0 atom stereocenters. The summed E-state index contributed by atoms with van der Waals surface area (Å²) < 4.78 is 5.31. The first kappa shape index (κ1) is 13.5. The lowest BCUT2D eigenvalue weighted by Crippen LogP contribution is -2.32. The maximum Gasteiger partial charge on any atom is 0.328 e. The minimum Gasteiger partial charge on any atom is -0.374 e. The number of anilines is 1. The van der Waals surface area contributed by atoms with Gasteiger partial charge in [0.15, 0.2) is 0 Å². The van der Waals surface area contributed by atoms with Gasteiger partial charge in [-0.25, -0.2) is 4.79 Å². The molecule has 2 N–H and O–H groups in total. The van der Waals surface area contributed by atoms with Gasteiger partial charge in [-0.1, -0.05) is 11.4 Å². The van der Waals surface area contributed by atoms with Crippen LogP contribution in [0, 0.1) is 0 Å². The van der Waals surface area contributed by atoms with Crippen LogP contribution in [0.15, 0.2) is 15.8 Å². The van der Waals surface area contributed by atoms with Gasteiger partial charge in [0.1, 0.15) is 10.7 Å². The second-order valence-electron chi connectivity index (χ2n) is 3.97. The van der Waals surface area contributed by atoms with Gasteiger partial charge in [-0.2, -0.15) is 0 Å². The Morgan fingerprint density at radius 3 is 2.89 bits per heavy atom. The largest absolute Gasteiger partial charge is 0.374 e. The van der Waals surface area contributed by atoms with Crippen LogP contribution in [0.1, 0.15) is 25.1 Å². The van der Waals surface area contributed by atoms with E-state index in [1.54, 1.807) is 6.20 Å². The van der Waals surface area contributed by atoms with Gasteiger partial charge < -0.3 is 5.32 Å². The molecule has 0 radical (unpaired) electrons. The number of aryl methyl sites for hydroxylation is 1. The molecular formula is C11H15N5O2S.